The summed E-state index contributed by atoms with van der Waals surface area (Å²) in [4.78, 5) is 22.3. The fraction of sp³-hybridized carbons (Fsp3) is 0.150. The van der Waals surface area contributed by atoms with Crippen molar-refractivity contribution in [3.05, 3.63) is 77.0 Å². The number of para-hydroxylation sites is 4. The third kappa shape index (κ3) is 2.45. The van der Waals surface area contributed by atoms with Crippen molar-refractivity contribution in [1.29, 1.82) is 0 Å². The Kier molecular flexibility index (Phi) is 3.50. The second-order valence-electron chi connectivity index (χ2n) is 6.17. The van der Waals surface area contributed by atoms with Crippen LogP contribution in [-0.2, 0) is 6.54 Å². The monoisotopic (exact) mass is 330 g/mol. The molecule has 0 aliphatic rings. The fourth-order valence-electron chi connectivity index (χ4n) is 3.15. The van der Waals surface area contributed by atoms with Crippen LogP contribution >= 0.6 is 0 Å². The zero-order chi connectivity index (χ0) is 17.6. The van der Waals surface area contributed by atoms with Crippen LogP contribution in [0, 0.1) is 6.92 Å². The second-order valence-corrected chi connectivity index (χ2v) is 6.17. The number of hydrogen-bond acceptors (Lipinski definition) is 3. The van der Waals surface area contributed by atoms with E-state index in [1.54, 1.807) is 9.13 Å². The molecule has 4 rings (SSSR count). The van der Waals surface area contributed by atoms with E-state index in [0.717, 1.165) is 33.5 Å². The third-order valence-corrected chi connectivity index (χ3v) is 4.37. The van der Waals surface area contributed by atoms with Gasteiger partial charge in [0.25, 0.3) is 0 Å². The number of hydrogen-bond donors (Lipinski definition) is 0. The number of benzene rings is 2. The van der Waals surface area contributed by atoms with Crippen molar-refractivity contribution in [2.24, 2.45) is 0 Å². The van der Waals surface area contributed by atoms with Crippen LogP contribution < -0.4 is 5.69 Å². The van der Waals surface area contributed by atoms with Crippen molar-refractivity contribution in [3.8, 4) is 0 Å². The Labute approximate surface area is 144 Å². The molecule has 0 amide bonds. The van der Waals surface area contributed by atoms with E-state index in [1.165, 1.54) is 0 Å². The second kappa shape index (κ2) is 5.70. The summed E-state index contributed by atoms with van der Waals surface area (Å²) in [6.07, 6.45) is 0. The van der Waals surface area contributed by atoms with E-state index < -0.39 is 0 Å². The Balaban J connectivity index is 1.92. The molecule has 5 heteroatoms. The zero-order valence-corrected chi connectivity index (χ0v) is 14.2. The molecule has 4 aromatic rings. The highest BCUT2D eigenvalue weighted by Crippen LogP contribution is 2.18. The maximum Gasteiger partial charge on any atom is 0.333 e. The maximum atomic E-state index is 12.9. The molecule has 25 heavy (non-hydrogen) atoms. The number of nitrogens with zero attached hydrogens (tertiary/aromatic N) is 4. The predicted octanol–water partition coefficient (Wildman–Crippen LogP) is 3.59. The number of allylic oxidation sites excluding steroid dienone is 1. The lowest BCUT2D eigenvalue weighted by Crippen LogP contribution is -2.24. The zero-order valence-electron chi connectivity index (χ0n) is 14.2. The van der Waals surface area contributed by atoms with Crippen LogP contribution in [0.25, 0.3) is 27.8 Å². The van der Waals surface area contributed by atoms with Gasteiger partial charge in [-0.25, -0.2) is 14.8 Å². The van der Waals surface area contributed by atoms with E-state index in [2.05, 4.69) is 11.6 Å². The summed E-state index contributed by atoms with van der Waals surface area (Å²) in [6, 6.07) is 15.5. The van der Waals surface area contributed by atoms with Crippen LogP contribution in [0.3, 0.4) is 0 Å². The molecule has 0 fully saturated rings. The first-order chi connectivity index (χ1) is 12.1. The highest BCUT2D eigenvalue weighted by Gasteiger charge is 2.15. The van der Waals surface area contributed by atoms with Gasteiger partial charge in [0.15, 0.2) is 0 Å². The topological polar surface area (TPSA) is 52.7 Å². The highest BCUT2D eigenvalue weighted by molar-refractivity contribution is 5.79. The van der Waals surface area contributed by atoms with Crippen molar-refractivity contribution in [2.45, 2.75) is 20.4 Å². The quantitative estimate of drug-likeness (QED) is 0.577. The van der Waals surface area contributed by atoms with Gasteiger partial charge in [0.2, 0.25) is 0 Å². The van der Waals surface area contributed by atoms with Crippen LogP contribution in [0.4, 0.5) is 0 Å². The van der Waals surface area contributed by atoms with E-state index in [4.69, 9.17) is 4.98 Å². The summed E-state index contributed by atoms with van der Waals surface area (Å²) in [5.74, 6) is 0. The average Bonchev–Trinajstić information content (AvgIpc) is 2.87. The molecule has 124 valence electrons. The first-order valence-corrected chi connectivity index (χ1v) is 8.14. The van der Waals surface area contributed by atoms with Gasteiger partial charge in [-0.1, -0.05) is 30.8 Å². The van der Waals surface area contributed by atoms with E-state index in [0.29, 0.717) is 12.2 Å². The lowest BCUT2D eigenvalue weighted by molar-refractivity contribution is 0.740. The van der Waals surface area contributed by atoms with Gasteiger partial charge in [0.05, 0.1) is 40.0 Å². The average molecular weight is 330 g/mol. The van der Waals surface area contributed by atoms with Gasteiger partial charge < -0.3 is 0 Å². The SMILES string of the molecule is C=C(C)n1c(=O)n(Cc2nc3ccccc3nc2C)c2ccccc21. The normalized spacial score (nSPS) is 11.3. The lowest BCUT2D eigenvalue weighted by Gasteiger charge is -2.07. The molecular formula is C20H18N4O. The predicted molar refractivity (Wildman–Crippen MR) is 101 cm³/mol. The van der Waals surface area contributed by atoms with Gasteiger partial charge in [-0.3, -0.25) is 9.13 Å². The van der Waals surface area contributed by atoms with Crippen molar-refractivity contribution in [3.63, 3.8) is 0 Å². The molecule has 0 atom stereocenters. The van der Waals surface area contributed by atoms with Crippen molar-refractivity contribution in [2.75, 3.05) is 0 Å². The Hall–Kier alpha value is -3.21. The van der Waals surface area contributed by atoms with E-state index in [1.807, 2.05) is 62.4 Å². The molecule has 0 aliphatic carbocycles. The van der Waals surface area contributed by atoms with E-state index in [9.17, 15) is 4.79 Å². The molecule has 0 saturated heterocycles. The van der Waals surface area contributed by atoms with Crippen LogP contribution in [0.2, 0.25) is 0 Å². The minimum Gasteiger partial charge on any atom is -0.286 e. The Morgan fingerprint density at radius 2 is 1.60 bits per heavy atom. The van der Waals surface area contributed by atoms with Gasteiger partial charge in [-0.2, -0.15) is 0 Å². The van der Waals surface area contributed by atoms with E-state index >= 15 is 0 Å². The number of rotatable bonds is 3. The summed E-state index contributed by atoms with van der Waals surface area (Å²) in [6.45, 7) is 8.08. The number of aryl methyl sites for hydroxylation is 1. The fourth-order valence-corrected chi connectivity index (χ4v) is 3.15. The van der Waals surface area contributed by atoms with Crippen molar-refractivity contribution >= 4 is 27.8 Å². The molecule has 2 heterocycles. The summed E-state index contributed by atoms with van der Waals surface area (Å²) in [5.41, 5.74) is 5.63. The standard InChI is InChI=1S/C20H18N4O/c1-13(2)24-19-11-7-6-10-18(19)23(20(24)25)12-17-14(3)21-15-8-4-5-9-16(15)22-17/h4-11H,1,12H2,2-3H3. The minimum atomic E-state index is -0.108. The molecule has 0 saturated carbocycles. The van der Waals surface area contributed by atoms with Crippen LogP contribution in [0.5, 0.6) is 0 Å². The molecule has 2 aromatic carbocycles. The molecule has 2 aromatic heterocycles. The molecule has 0 unspecified atom stereocenters. The molecule has 0 aliphatic heterocycles. The maximum absolute atomic E-state index is 12.9. The minimum absolute atomic E-state index is 0.108. The van der Waals surface area contributed by atoms with Gasteiger partial charge in [0, 0.05) is 5.70 Å². The number of fused-ring (bicyclic) bond motifs is 2. The molecule has 5 nitrogen and oxygen atoms in total. The Morgan fingerprint density at radius 1 is 1.00 bits per heavy atom. The highest BCUT2D eigenvalue weighted by atomic mass is 16.1. The van der Waals surface area contributed by atoms with Gasteiger partial charge in [-0.15, -0.1) is 0 Å². The van der Waals surface area contributed by atoms with Crippen LogP contribution in [-0.4, -0.2) is 19.1 Å². The summed E-state index contributed by atoms with van der Waals surface area (Å²) < 4.78 is 3.37. The van der Waals surface area contributed by atoms with Gasteiger partial charge in [-0.05, 0) is 38.1 Å². The van der Waals surface area contributed by atoms with Gasteiger partial charge >= 0.3 is 5.69 Å². The first kappa shape index (κ1) is 15.3. The smallest absolute Gasteiger partial charge is 0.286 e. The molecule has 0 N–H and O–H groups in total. The van der Waals surface area contributed by atoms with E-state index in [-0.39, 0.29) is 5.69 Å². The third-order valence-electron chi connectivity index (χ3n) is 4.37. The largest absolute Gasteiger partial charge is 0.333 e. The molecule has 0 spiro atoms. The van der Waals surface area contributed by atoms with Crippen LogP contribution in [0.15, 0.2) is 59.9 Å². The van der Waals surface area contributed by atoms with Gasteiger partial charge in [0.1, 0.15) is 0 Å². The summed E-state index contributed by atoms with van der Waals surface area (Å²) in [7, 11) is 0. The summed E-state index contributed by atoms with van der Waals surface area (Å²) >= 11 is 0. The molecule has 0 bridgehead atoms. The Bertz CT molecular complexity index is 1180. The number of aromatic nitrogens is 4. The number of imidazole rings is 1. The molecule has 0 radical (unpaired) electrons. The van der Waals surface area contributed by atoms with Crippen molar-refractivity contribution < 1.29 is 0 Å². The first-order valence-electron chi connectivity index (χ1n) is 8.14. The summed E-state index contributed by atoms with van der Waals surface area (Å²) in [5, 5.41) is 0. The van der Waals surface area contributed by atoms with Crippen molar-refractivity contribution in [1.82, 2.24) is 19.1 Å². The van der Waals surface area contributed by atoms with Crippen LogP contribution in [0.1, 0.15) is 18.3 Å². The Morgan fingerprint density at radius 3 is 2.28 bits per heavy atom. The molecular weight excluding hydrogens is 312 g/mol. The lowest BCUT2D eigenvalue weighted by atomic mass is 10.2.